The molecule has 0 bridgehead atoms. The van der Waals surface area contributed by atoms with Crippen molar-refractivity contribution in [3.05, 3.63) is 16.1 Å². The molecule has 0 aromatic carbocycles. The Morgan fingerprint density at radius 1 is 1.77 bits per heavy atom. The predicted molar refractivity (Wildman–Crippen MR) is 48.9 cm³/mol. The molecule has 0 unspecified atom stereocenters. The second-order valence-corrected chi connectivity index (χ2v) is 3.22. The molecular formula is C8H11NO3S. The number of hydrogen-bond donors (Lipinski definition) is 1. The number of aliphatic hydroxyl groups is 1. The first kappa shape index (κ1) is 10.3. The van der Waals surface area contributed by atoms with Gasteiger partial charge < -0.3 is 9.84 Å². The minimum absolute atomic E-state index is 0.0644. The number of nitrogens with zero attached hydrogens (tertiary/aromatic N) is 1. The summed E-state index contributed by atoms with van der Waals surface area (Å²) >= 11 is 1.23. The van der Waals surface area contributed by atoms with Crippen molar-refractivity contribution in [2.75, 3.05) is 13.2 Å². The van der Waals surface area contributed by atoms with Crippen LogP contribution in [0.3, 0.4) is 0 Å². The highest BCUT2D eigenvalue weighted by Gasteiger charge is 2.10. The summed E-state index contributed by atoms with van der Waals surface area (Å²) in [5.41, 5.74) is 0.532. The first-order valence-corrected chi connectivity index (χ1v) is 4.82. The lowest BCUT2D eigenvalue weighted by atomic mass is 10.4. The fourth-order valence-electron chi connectivity index (χ4n) is 0.764. The Labute approximate surface area is 80.2 Å². The van der Waals surface area contributed by atoms with Crippen LogP contribution in [0.15, 0.2) is 5.38 Å². The van der Waals surface area contributed by atoms with Crippen LogP contribution in [-0.4, -0.2) is 29.1 Å². The number of carbonyl (C=O) groups excluding carboxylic acids is 1. The predicted octanol–water partition coefficient (Wildman–Crippen LogP) is 0.855. The SMILES string of the molecule is CCOCC(=O)c1nc(CO)cs1. The molecule has 0 amide bonds. The number of carbonyl (C=O) groups is 1. The van der Waals surface area contributed by atoms with Crippen molar-refractivity contribution < 1.29 is 14.6 Å². The van der Waals surface area contributed by atoms with Gasteiger partial charge in [-0.15, -0.1) is 11.3 Å². The standard InChI is InChI=1S/C8H11NO3S/c1-2-12-4-7(11)8-9-6(3-10)5-13-8/h5,10H,2-4H2,1H3. The molecule has 4 nitrogen and oxygen atoms in total. The molecule has 72 valence electrons. The van der Waals surface area contributed by atoms with Crippen molar-refractivity contribution in [3.63, 3.8) is 0 Å². The Hall–Kier alpha value is -0.780. The Balaban J connectivity index is 2.55. The van der Waals surface area contributed by atoms with E-state index in [0.29, 0.717) is 17.3 Å². The second kappa shape index (κ2) is 5.06. The zero-order valence-corrected chi connectivity index (χ0v) is 8.13. The lowest BCUT2D eigenvalue weighted by Crippen LogP contribution is -2.08. The average Bonchev–Trinajstić information content (AvgIpc) is 2.62. The van der Waals surface area contributed by atoms with Crippen molar-refractivity contribution >= 4 is 17.1 Å². The number of aliphatic hydroxyl groups excluding tert-OH is 1. The van der Waals surface area contributed by atoms with Gasteiger partial charge in [0.2, 0.25) is 5.78 Å². The third-order valence-corrected chi connectivity index (χ3v) is 2.32. The van der Waals surface area contributed by atoms with Gasteiger partial charge in [0.1, 0.15) is 6.61 Å². The van der Waals surface area contributed by atoms with E-state index in [1.807, 2.05) is 6.92 Å². The van der Waals surface area contributed by atoms with Gasteiger partial charge in [-0.1, -0.05) is 0 Å². The zero-order chi connectivity index (χ0) is 9.68. The Kier molecular flexibility index (Phi) is 4.01. The summed E-state index contributed by atoms with van der Waals surface area (Å²) in [5, 5.41) is 10.8. The largest absolute Gasteiger partial charge is 0.390 e. The molecule has 0 aliphatic carbocycles. The molecule has 0 radical (unpaired) electrons. The summed E-state index contributed by atoms with van der Waals surface area (Å²) in [6, 6.07) is 0. The normalized spacial score (nSPS) is 10.3. The van der Waals surface area contributed by atoms with E-state index in [1.165, 1.54) is 11.3 Å². The summed E-state index contributed by atoms with van der Waals surface area (Å²) in [4.78, 5) is 15.2. The molecule has 13 heavy (non-hydrogen) atoms. The number of hydrogen-bond acceptors (Lipinski definition) is 5. The Bertz CT molecular complexity index is 285. The van der Waals surface area contributed by atoms with Crippen molar-refractivity contribution in [2.24, 2.45) is 0 Å². The van der Waals surface area contributed by atoms with Gasteiger partial charge in [-0.25, -0.2) is 4.98 Å². The molecule has 1 aromatic heterocycles. The maximum atomic E-state index is 11.3. The highest BCUT2D eigenvalue weighted by Crippen LogP contribution is 2.10. The smallest absolute Gasteiger partial charge is 0.216 e. The highest BCUT2D eigenvalue weighted by molar-refractivity contribution is 7.11. The van der Waals surface area contributed by atoms with Crippen molar-refractivity contribution in [2.45, 2.75) is 13.5 Å². The number of thiazole rings is 1. The van der Waals surface area contributed by atoms with Crippen LogP contribution < -0.4 is 0 Å². The molecule has 1 heterocycles. The molecule has 0 fully saturated rings. The van der Waals surface area contributed by atoms with Gasteiger partial charge in [0.05, 0.1) is 12.3 Å². The second-order valence-electron chi connectivity index (χ2n) is 2.36. The van der Waals surface area contributed by atoms with Crippen LogP contribution in [0.25, 0.3) is 0 Å². The van der Waals surface area contributed by atoms with E-state index < -0.39 is 0 Å². The summed E-state index contributed by atoms with van der Waals surface area (Å²) in [5.74, 6) is -0.133. The number of aromatic nitrogens is 1. The number of ketones is 1. The molecule has 1 N–H and O–H groups in total. The third kappa shape index (κ3) is 2.87. The number of Topliss-reactive ketones (excluding diaryl/α,β-unsaturated/α-hetero) is 1. The molecular weight excluding hydrogens is 190 g/mol. The molecule has 0 atom stereocenters. The van der Waals surface area contributed by atoms with Gasteiger partial charge in [-0.2, -0.15) is 0 Å². The van der Waals surface area contributed by atoms with Crippen LogP contribution in [0.2, 0.25) is 0 Å². The molecule has 5 heteroatoms. The van der Waals surface area contributed by atoms with Gasteiger partial charge >= 0.3 is 0 Å². The van der Waals surface area contributed by atoms with Crippen LogP contribution in [0.4, 0.5) is 0 Å². The van der Waals surface area contributed by atoms with Crippen molar-refractivity contribution in [1.82, 2.24) is 4.98 Å². The monoisotopic (exact) mass is 201 g/mol. The average molecular weight is 201 g/mol. The topological polar surface area (TPSA) is 59.4 Å². The molecule has 0 saturated heterocycles. The van der Waals surface area contributed by atoms with E-state index in [4.69, 9.17) is 9.84 Å². The van der Waals surface area contributed by atoms with Crippen LogP contribution >= 0.6 is 11.3 Å². The lowest BCUT2D eigenvalue weighted by molar-refractivity contribution is 0.0782. The Morgan fingerprint density at radius 3 is 3.08 bits per heavy atom. The van der Waals surface area contributed by atoms with Gasteiger partial charge in [-0.3, -0.25) is 4.79 Å². The van der Waals surface area contributed by atoms with Gasteiger partial charge in [0, 0.05) is 12.0 Å². The van der Waals surface area contributed by atoms with E-state index in [1.54, 1.807) is 5.38 Å². The van der Waals surface area contributed by atoms with Gasteiger partial charge in [-0.05, 0) is 6.92 Å². The number of rotatable bonds is 5. The molecule has 0 aliphatic rings. The minimum atomic E-state index is -0.133. The molecule has 0 saturated carbocycles. The maximum absolute atomic E-state index is 11.3. The molecule has 1 aromatic rings. The lowest BCUT2D eigenvalue weighted by Gasteiger charge is -1.95. The fraction of sp³-hybridized carbons (Fsp3) is 0.500. The van der Waals surface area contributed by atoms with Crippen LogP contribution in [0.5, 0.6) is 0 Å². The fourth-order valence-corrected chi connectivity index (χ4v) is 1.50. The third-order valence-electron chi connectivity index (χ3n) is 1.39. The van der Waals surface area contributed by atoms with Crippen molar-refractivity contribution in [1.29, 1.82) is 0 Å². The summed E-state index contributed by atoms with van der Waals surface area (Å²) in [7, 11) is 0. The zero-order valence-electron chi connectivity index (χ0n) is 7.32. The van der Waals surface area contributed by atoms with Crippen LogP contribution in [0.1, 0.15) is 22.4 Å². The van der Waals surface area contributed by atoms with Gasteiger partial charge in [0.25, 0.3) is 0 Å². The minimum Gasteiger partial charge on any atom is -0.390 e. The molecule has 1 rings (SSSR count). The highest BCUT2D eigenvalue weighted by atomic mass is 32.1. The van der Waals surface area contributed by atoms with Crippen LogP contribution in [-0.2, 0) is 11.3 Å². The summed E-state index contributed by atoms with van der Waals surface area (Å²) < 4.78 is 4.95. The molecule has 0 aliphatic heterocycles. The van der Waals surface area contributed by atoms with Crippen molar-refractivity contribution in [3.8, 4) is 0 Å². The summed E-state index contributed by atoms with van der Waals surface area (Å²) in [6.07, 6.45) is 0. The summed E-state index contributed by atoms with van der Waals surface area (Å²) in [6.45, 7) is 2.28. The van der Waals surface area contributed by atoms with Gasteiger partial charge in [0.15, 0.2) is 5.01 Å². The van der Waals surface area contributed by atoms with E-state index >= 15 is 0 Å². The quantitative estimate of drug-likeness (QED) is 0.718. The first-order chi connectivity index (χ1) is 6.27. The number of ether oxygens (including phenoxy) is 1. The first-order valence-electron chi connectivity index (χ1n) is 3.94. The van der Waals surface area contributed by atoms with E-state index in [-0.39, 0.29) is 19.0 Å². The Morgan fingerprint density at radius 2 is 2.54 bits per heavy atom. The van der Waals surface area contributed by atoms with E-state index in [0.717, 1.165) is 0 Å². The van der Waals surface area contributed by atoms with E-state index in [2.05, 4.69) is 4.98 Å². The molecule has 0 spiro atoms. The van der Waals surface area contributed by atoms with Crippen LogP contribution in [0, 0.1) is 0 Å². The maximum Gasteiger partial charge on any atom is 0.216 e. The van der Waals surface area contributed by atoms with E-state index in [9.17, 15) is 4.79 Å².